The number of hydrogen-bond acceptors (Lipinski definition) is 3. The summed E-state index contributed by atoms with van der Waals surface area (Å²) >= 11 is 6.14. The number of amides is 1. The average molecular weight is 454 g/mol. The van der Waals surface area contributed by atoms with E-state index in [2.05, 4.69) is 23.7 Å². The minimum Gasteiger partial charge on any atom is -0.334 e. The molecule has 32 heavy (non-hydrogen) atoms. The standard InChI is InChI=1S/C26H29ClFN3O/c1-20-18-30(19-21-6-11-25(28)12-7-21)15-16-31(20)26(32)13-9-22-8-10-24(27)17-23(22)5-4-14-29(2)3/h6-13,17,20H,14-16,18-19H2,1-3H3. The van der Waals surface area contributed by atoms with Gasteiger partial charge in [-0.2, -0.15) is 0 Å². The van der Waals surface area contributed by atoms with Crippen molar-refractivity contribution in [2.24, 2.45) is 0 Å². The molecule has 1 saturated heterocycles. The van der Waals surface area contributed by atoms with Crippen molar-refractivity contribution in [1.29, 1.82) is 0 Å². The lowest BCUT2D eigenvalue weighted by Gasteiger charge is -2.39. The van der Waals surface area contributed by atoms with Crippen LogP contribution in [0.5, 0.6) is 0 Å². The molecule has 1 fully saturated rings. The number of carbonyl (C=O) groups is 1. The first-order valence-electron chi connectivity index (χ1n) is 10.7. The number of nitrogens with zero attached hydrogens (tertiary/aromatic N) is 3. The van der Waals surface area contributed by atoms with Gasteiger partial charge in [0.1, 0.15) is 5.82 Å². The molecule has 1 amide bonds. The van der Waals surface area contributed by atoms with Gasteiger partial charge in [-0.25, -0.2) is 4.39 Å². The van der Waals surface area contributed by atoms with Gasteiger partial charge in [0.25, 0.3) is 0 Å². The SMILES string of the molecule is CC1CN(Cc2ccc(F)cc2)CCN1C(=O)C=Cc1ccc(Cl)cc1C#CCN(C)C. The Balaban J connectivity index is 1.62. The lowest BCUT2D eigenvalue weighted by molar-refractivity contribution is -0.130. The Bertz CT molecular complexity index is 1020. The maximum Gasteiger partial charge on any atom is 0.246 e. The minimum atomic E-state index is -0.225. The summed E-state index contributed by atoms with van der Waals surface area (Å²) in [5.41, 5.74) is 2.75. The van der Waals surface area contributed by atoms with Crippen molar-refractivity contribution < 1.29 is 9.18 Å². The Morgan fingerprint density at radius 3 is 2.66 bits per heavy atom. The molecule has 1 heterocycles. The van der Waals surface area contributed by atoms with Crippen molar-refractivity contribution in [2.45, 2.75) is 19.5 Å². The zero-order chi connectivity index (χ0) is 23.1. The van der Waals surface area contributed by atoms with Gasteiger partial charge in [0.2, 0.25) is 5.91 Å². The van der Waals surface area contributed by atoms with E-state index in [1.807, 2.05) is 54.2 Å². The van der Waals surface area contributed by atoms with Crippen molar-refractivity contribution in [3.63, 3.8) is 0 Å². The van der Waals surface area contributed by atoms with Gasteiger partial charge in [0.05, 0.1) is 6.54 Å². The van der Waals surface area contributed by atoms with Crippen molar-refractivity contribution in [3.05, 3.63) is 76.1 Å². The van der Waals surface area contributed by atoms with Gasteiger partial charge in [0, 0.05) is 48.9 Å². The Hall–Kier alpha value is -2.65. The molecule has 4 nitrogen and oxygen atoms in total. The molecular weight excluding hydrogens is 425 g/mol. The molecule has 0 saturated carbocycles. The summed E-state index contributed by atoms with van der Waals surface area (Å²) < 4.78 is 13.1. The predicted molar refractivity (Wildman–Crippen MR) is 129 cm³/mol. The average Bonchev–Trinajstić information content (AvgIpc) is 2.74. The van der Waals surface area contributed by atoms with E-state index >= 15 is 0 Å². The quantitative estimate of drug-likeness (QED) is 0.503. The number of carbonyl (C=O) groups excluding carboxylic acids is 1. The highest BCUT2D eigenvalue weighted by Gasteiger charge is 2.26. The maximum atomic E-state index is 13.1. The number of hydrogen-bond donors (Lipinski definition) is 0. The van der Waals surface area contributed by atoms with Crippen LogP contribution >= 0.6 is 11.6 Å². The number of halogens is 2. The van der Waals surface area contributed by atoms with E-state index in [1.165, 1.54) is 12.1 Å². The fraction of sp³-hybridized carbons (Fsp3) is 0.346. The van der Waals surface area contributed by atoms with Gasteiger partial charge in [0.15, 0.2) is 0 Å². The third kappa shape index (κ3) is 6.93. The summed E-state index contributed by atoms with van der Waals surface area (Å²) in [6, 6.07) is 12.2. The van der Waals surface area contributed by atoms with Gasteiger partial charge in [-0.3, -0.25) is 14.6 Å². The molecule has 6 heteroatoms. The van der Waals surface area contributed by atoms with Crippen LogP contribution in [0.15, 0.2) is 48.5 Å². The second-order valence-corrected chi connectivity index (χ2v) is 8.78. The lowest BCUT2D eigenvalue weighted by atomic mass is 10.1. The van der Waals surface area contributed by atoms with E-state index in [9.17, 15) is 9.18 Å². The largest absolute Gasteiger partial charge is 0.334 e. The van der Waals surface area contributed by atoms with E-state index in [4.69, 9.17) is 11.6 Å². The summed E-state index contributed by atoms with van der Waals surface area (Å²) in [6.07, 6.45) is 3.43. The van der Waals surface area contributed by atoms with Crippen LogP contribution in [0.3, 0.4) is 0 Å². The van der Waals surface area contributed by atoms with E-state index in [0.29, 0.717) is 18.1 Å². The zero-order valence-corrected chi connectivity index (χ0v) is 19.6. The molecule has 1 aliphatic rings. The van der Waals surface area contributed by atoms with E-state index in [1.54, 1.807) is 12.1 Å². The highest BCUT2D eigenvalue weighted by atomic mass is 35.5. The molecule has 3 rings (SSSR count). The van der Waals surface area contributed by atoms with Gasteiger partial charge < -0.3 is 4.90 Å². The highest BCUT2D eigenvalue weighted by molar-refractivity contribution is 6.30. The lowest BCUT2D eigenvalue weighted by Crippen LogP contribution is -2.53. The molecule has 168 valence electrons. The molecule has 2 aromatic rings. The predicted octanol–water partition coefficient (Wildman–Crippen LogP) is 4.14. The van der Waals surface area contributed by atoms with Crippen LogP contribution in [-0.4, -0.2) is 66.9 Å². The third-order valence-electron chi connectivity index (χ3n) is 5.35. The van der Waals surface area contributed by atoms with E-state index in [0.717, 1.165) is 36.3 Å². The molecular formula is C26H29ClFN3O. The smallest absolute Gasteiger partial charge is 0.246 e. The molecule has 0 bridgehead atoms. The molecule has 2 aromatic carbocycles. The second kappa shape index (κ2) is 11.3. The van der Waals surface area contributed by atoms with Crippen molar-refractivity contribution >= 4 is 23.6 Å². The molecule has 0 N–H and O–H groups in total. The first kappa shape index (κ1) is 24.0. The number of rotatable bonds is 5. The fourth-order valence-corrected chi connectivity index (χ4v) is 3.86. The molecule has 1 unspecified atom stereocenters. The summed E-state index contributed by atoms with van der Waals surface area (Å²) in [4.78, 5) is 19.1. The summed E-state index contributed by atoms with van der Waals surface area (Å²) in [5.74, 6) is 6.03. The Morgan fingerprint density at radius 1 is 1.22 bits per heavy atom. The minimum absolute atomic E-state index is 0.0129. The second-order valence-electron chi connectivity index (χ2n) is 8.35. The maximum absolute atomic E-state index is 13.1. The van der Waals surface area contributed by atoms with Crippen LogP contribution < -0.4 is 0 Å². The highest BCUT2D eigenvalue weighted by Crippen LogP contribution is 2.18. The molecule has 0 radical (unpaired) electrons. The van der Waals surface area contributed by atoms with Crippen LogP contribution in [-0.2, 0) is 11.3 Å². The Morgan fingerprint density at radius 2 is 1.97 bits per heavy atom. The van der Waals surface area contributed by atoms with Crippen molar-refractivity contribution in [2.75, 3.05) is 40.3 Å². The Labute approximate surface area is 195 Å². The first-order chi connectivity index (χ1) is 15.3. The molecule has 1 atom stereocenters. The van der Waals surface area contributed by atoms with Crippen LogP contribution in [0.1, 0.15) is 23.6 Å². The number of benzene rings is 2. The van der Waals surface area contributed by atoms with Crippen LogP contribution in [0, 0.1) is 17.7 Å². The molecule has 0 aliphatic carbocycles. The van der Waals surface area contributed by atoms with Gasteiger partial charge in [-0.1, -0.05) is 41.6 Å². The summed E-state index contributed by atoms with van der Waals surface area (Å²) in [5, 5.41) is 0.619. The third-order valence-corrected chi connectivity index (χ3v) is 5.59. The van der Waals surface area contributed by atoms with E-state index < -0.39 is 0 Å². The van der Waals surface area contributed by atoms with Crippen molar-refractivity contribution in [3.8, 4) is 11.8 Å². The van der Waals surface area contributed by atoms with Gasteiger partial charge >= 0.3 is 0 Å². The zero-order valence-electron chi connectivity index (χ0n) is 18.8. The normalized spacial score (nSPS) is 16.9. The van der Waals surface area contributed by atoms with Crippen molar-refractivity contribution in [1.82, 2.24) is 14.7 Å². The van der Waals surface area contributed by atoms with Gasteiger partial charge in [-0.15, -0.1) is 0 Å². The Kier molecular flexibility index (Phi) is 8.46. The molecule has 1 aliphatic heterocycles. The summed E-state index contributed by atoms with van der Waals surface area (Å²) in [7, 11) is 3.93. The van der Waals surface area contributed by atoms with Crippen LogP contribution in [0.4, 0.5) is 4.39 Å². The van der Waals surface area contributed by atoms with E-state index in [-0.39, 0.29) is 17.8 Å². The molecule has 0 aromatic heterocycles. The van der Waals surface area contributed by atoms with Gasteiger partial charge in [-0.05, 0) is 62.5 Å². The first-order valence-corrected chi connectivity index (χ1v) is 11.1. The fourth-order valence-electron chi connectivity index (χ4n) is 3.68. The summed E-state index contributed by atoms with van der Waals surface area (Å²) in [6.45, 7) is 5.67. The topological polar surface area (TPSA) is 26.8 Å². The monoisotopic (exact) mass is 453 g/mol. The van der Waals surface area contributed by atoms with Crippen LogP contribution in [0.2, 0.25) is 5.02 Å². The van der Waals surface area contributed by atoms with Crippen LogP contribution in [0.25, 0.3) is 6.08 Å². The molecule has 0 spiro atoms. The number of piperazine rings is 1.